The summed E-state index contributed by atoms with van der Waals surface area (Å²) in [5, 5.41) is 2.98. The van der Waals surface area contributed by atoms with Crippen LogP contribution in [0.3, 0.4) is 0 Å². The van der Waals surface area contributed by atoms with Crippen molar-refractivity contribution in [3.8, 4) is 0 Å². The monoisotopic (exact) mass is 299 g/mol. The van der Waals surface area contributed by atoms with Gasteiger partial charge in [0.25, 0.3) is 0 Å². The third kappa shape index (κ3) is 4.13. The van der Waals surface area contributed by atoms with E-state index in [1.54, 1.807) is 7.05 Å². The summed E-state index contributed by atoms with van der Waals surface area (Å²) >= 11 is 3.44. The number of esters is 1. The van der Waals surface area contributed by atoms with Crippen LogP contribution in [-0.4, -0.2) is 18.6 Å². The fourth-order valence-corrected chi connectivity index (χ4v) is 1.98. The van der Waals surface area contributed by atoms with Gasteiger partial charge in [-0.15, -0.1) is 0 Å². The number of ether oxygens (including phenoxy) is 1. The second-order valence-corrected chi connectivity index (χ2v) is 5.63. The Morgan fingerprint density at radius 2 is 1.94 bits per heavy atom. The SMILES string of the molecule is CNC(C(=O)OC(C)(C)C)c1ccccc1Br. The van der Waals surface area contributed by atoms with Crippen LogP contribution in [-0.2, 0) is 9.53 Å². The molecule has 1 atom stereocenters. The lowest BCUT2D eigenvalue weighted by atomic mass is 10.1. The predicted molar refractivity (Wildman–Crippen MR) is 71.8 cm³/mol. The second kappa shape index (κ2) is 5.65. The topological polar surface area (TPSA) is 38.3 Å². The summed E-state index contributed by atoms with van der Waals surface area (Å²) in [6.45, 7) is 5.58. The Kier molecular flexibility index (Phi) is 4.71. The molecule has 4 heteroatoms. The summed E-state index contributed by atoms with van der Waals surface area (Å²) in [6, 6.07) is 7.16. The maximum absolute atomic E-state index is 12.0. The Balaban J connectivity index is 2.93. The van der Waals surface area contributed by atoms with Crippen LogP contribution in [0.4, 0.5) is 0 Å². The highest BCUT2D eigenvalue weighted by molar-refractivity contribution is 9.10. The molecule has 0 saturated heterocycles. The summed E-state index contributed by atoms with van der Waals surface area (Å²) in [4.78, 5) is 12.0. The molecule has 3 nitrogen and oxygen atoms in total. The molecule has 0 saturated carbocycles. The molecule has 0 aromatic heterocycles. The van der Waals surface area contributed by atoms with Gasteiger partial charge in [0, 0.05) is 4.47 Å². The summed E-state index contributed by atoms with van der Waals surface area (Å²) in [6.07, 6.45) is 0. The Bertz CT molecular complexity index is 399. The maximum atomic E-state index is 12.0. The van der Waals surface area contributed by atoms with E-state index in [-0.39, 0.29) is 5.97 Å². The van der Waals surface area contributed by atoms with E-state index in [0.29, 0.717) is 0 Å². The lowest BCUT2D eigenvalue weighted by Gasteiger charge is -2.24. The van der Waals surface area contributed by atoms with E-state index < -0.39 is 11.6 Å². The number of carbonyl (C=O) groups excluding carboxylic acids is 1. The third-order valence-electron chi connectivity index (χ3n) is 2.15. The largest absolute Gasteiger partial charge is 0.459 e. The minimum Gasteiger partial charge on any atom is -0.459 e. The number of halogens is 1. The van der Waals surface area contributed by atoms with Crippen LogP contribution in [0.5, 0.6) is 0 Å². The maximum Gasteiger partial charge on any atom is 0.328 e. The highest BCUT2D eigenvalue weighted by Gasteiger charge is 2.26. The zero-order valence-corrected chi connectivity index (χ0v) is 12.2. The summed E-state index contributed by atoms with van der Waals surface area (Å²) in [7, 11) is 1.74. The van der Waals surface area contributed by atoms with Crippen molar-refractivity contribution < 1.29 is 9.53 Å². The molecule has 1 aromatic rings. The number of benzene rings is 1. The van der Waals surface area contributed by atoms with E-state index in [0.717, 1.165) is 10.0 Å². The van der Waals surface area contributed by atoms with Gasteiger partial charge in [0.05, 0.1) is 0 Å². The van der Waals surface area contributed by atoms with Crippen LogP contribution in [0.15, 0.2) is 28.7 Å². The van der Waals surface area contributed by atoms with E-state index in [4.69, 9.17) is 4.74 Å². The molecule has 1 rings (SSSR count). The minimum absolute atomic E-state index is 0.271. The average Bonchev–Trinajstić information content (AvgIpc) is 2.19. The van der Waals surface area contributed by atoms with Gasteiger partial charge in [0.2, 0.25) is 0 Å². The Hall–Kier alpha value is -0.870. The quantitative estimate of drug-likeness (QED) is 0.872. The van der Waals surface area contributed by atoms with Gasteiger partial charge in [0.15, 0.2) is 0 Å². The molecule has 0 aliphatic heterocycles. The van der Waals surface area contributed by atoms with Gasteiger partial charge in [-0.25, -0.2) is 4.79 Å². The van der Waals surface area contributed by atoms with E-state index >= 15 is 0 Å². The Morgan fingerprint density at radius 1 is 1.35 bits per heavy atom. The lowest BCUT2D eigenvalue weighted by Crippen LogP contribution is -2.33. The average molecular weight is 300 g/mol. The lowest BCUT2D eigenvalue weighted by molar-refractivity contribution is -0.157. The van der Waals surface area contributed by atoms with Gasteiger partial charge >= 0.3 is 5.97 Å². The molecule has 0 bridgehead atoms. The first-order valence-corrected chi connectivity index (χ1v) is 6.29. The second-order valence-electron chi connectivity index (χ2n) is 4.78. The van der Waals surface area contributed by atoms with Crippen LogP contribution in [0.2, 0.25) is 0 Å². The molecule has 1 N–H and O–H groups in total. The highest BCUT2D eigenvalue weighted by Crippen LogP contribution is 2.25. The van der Waals surface area contributed by atoms with Crippen LogP contribution in [0.1, 0.15) is 32.4 Å². The first-order valence-electron chi connectivity index (χ1n) is 5.49. The normalized spacial score (nSPS) is 13.2. The number of hydrogen-bond acceptors (Lipinski definition) is 3. The molecule has 0 aliphatic rings. The van der Waals surface area contributed by atoms with Crippen LogP contribution in [0, 0.1) is 0 Å². The van der Waals surface area contributed by atoms with Crippen molar-refractivity contribution in [3.63, 3.8) is 0 Å². The van der Waals surface area contributed by atoms with E-state index in [1.165, 1.54) is 0 Å². The van der Waals surface area contributed by atoms with Gasteiger partial charge in [0.1, 0.15) is 11.6 Å². The number of likely N-dealkylation sites (N-methyl/N-ethyl adjacent to an activating group) is 1. The van der Waals surface area contributed by atoms with E-state index in [1.807, 2.05) is 45.0 Å². The van der Waals surface area contributed by atoms with Crippen molar-refractivity contribution in [1.82, 2.24) is 5.32 Å². The fraction of sp³-hybridized carbons (Fsp3) is 0.462. The predicted octanol–water partition coefficient (Wildman–Crippen LogP) is 3.05. The molecular formula is C13H18BrNO2. The van der Waals surface area contributed by atoms with Crippen molar-refractivity contribution in [1.29, 1.82) is 0 Å². The van der Waals surface area contributed by atoms with Crippen molar-refractivity contribution in [2.24, 2.45) is 0 Å². The first kappa shape index (κ1) is 14.2. The van der Waals surface area contributed by atoms with Gasteiger partial charge in [-0.1, -0.05) is 34.1 Å². The summed E-state index contributed by atoms with van der Waals surface area (Å²) in [5.41, 5.74) is 0.400. The minimum atomic E-state index is -0.479. The van der Waals surface area contributed by atoms with Crippen molar-refractivity contribution >= 4 is 21.9 Å². The van der Waals surface area contributed by atoms with E-state index in [9.17, 15) is 4.79 Å². The molecule has 0 fully saturated rings. The fourth-order valence-electron chi connectivity index (χ4n) is 1.47. The molecule has 0 radical (unpaired) electrons. The third-order valence-corrected chi connectivity index (χ3v) is 2.87. The van der Waals surface area contributed by atoms with Crippen molar-refractivity contribution in [3.05, 3.63) is 34.3 Å². The van der Waals surface area contributed by atoms with Crippen LogP contribution in [0.25, 0.3) is 0 Å². The smallest absolute Gasteiger partial charge is 0.328 e. The van der Waals surface area contributed by atoms with Gasteiger partial charge in [-0.05, 0) is 39.4 Å². The van der Waals surface area contributed by atoms with Crippen molar-refractivity contribution in [2.75, 3.05) is 7.05 Å². The van der Waals surface area contributed by atoms with Gasteiger partial charge in [-0.3, -0.25) is 0 Å². The first-order chi connectivity index (χ1) is 7.85. The molecule has 1 unspecified atom stereocenters. The summed E-state index contributed by atoms with van der Waals surface area (Å²) < 4.78 is 6.27. The van der Waals surface area contributed by atoms with Crippen LogP contribution < -0.4 is 5.32 Å². The van der Waals surface area contributed by atoms with Gasteiger partial charge < -0.3 is 10.1 Å². The Labute approximate surface area is 111 Å². The Morgan fingerprint density at radius 3 is 2.41 bits per heavy atom. The van der Waals surface area contributed by atoms with Crippen molar-refractivity contribution in [2.45, 2.75) is 32.4 Å². The molecule has 0 spiro atoms. The van der Waals surface area contributed by atoms with E-state index in [2.05, 4.69) is 21.2 Å². The highest BCUT2D eigenvalue weighted by atomic mass is 79.9. The molecule has 17 heavy (non-hydrogen) atoms. The standard InChI is InChI=1S/C13H18BrNO2/c1-13(2,3)17-12(16)11(15-4)9-7-5-6-8-10(9)14/h5-8,11,15H,1-4H3. The molecule has 0 heterocycles. The number of rotatable bonds is 3. The zero-order chi connectivity index (χ0) is 13.1. The van der Waals surface area contributed by atoms with Crippen LogP contribution >= 0.6 is 15.9 Å². The molecule has 0 amide bonds. The number of carbonyl (C=O) groups is 1. The summed E-state index contributed by atoms with van der Waals surface area (Å²) in [5.74, 6) is -0.271. The number of nitrogens with one attached hydrogen (secondary N) is 1. The molecule has 94 valence electrons. The van der Waals surface area contributed by atoms with Gasteiger partial charge in [-0.2, -0.15) is 0 Å². The molecular weight excluding hydrogens is 282 g/mol. The molecule has 0 aliphatic carbocycles. The molecule has 1 aromatic carbocycles. The zero-order valence-electron chi connectivity index (χ0n) is 10.6. The number of hydrogen-bond donors (Lipinski definition) is 1.